The van der Waals surface area contributed by atoms with E-state index >= 15 is 0 Å². The lowest BCUT2D eigenvalue weighted by Crippen LogP contribution is -2.16. The molecule has 0 fully saturated rings. The molecule has 1 aromatic heterocycles. The quantitative estimate of drug-likeness (QED) is 0.830. The normalized spacial score (nSPS) is 12.1. The molecule has 2 N–H and O–H groups in total. The molecule has 0 spiro atoms. The summed E-state index contributed by atoms with van der Waals surface area (Å²) in [7, 11) is 0. The molecule has 0 aliphatic heterocycles. The summed E-state index contributed by atoms with van der Waals surface area (Å²) in [5, 5.41) is 0. The van der Waals surface area contributed by atoms with Gasteiger partial charge in [0.1, 0.15) is 0 Å². The van der Waals surface area contributed by atoms with Crippen LogP contribution >= 0.6 is 11.3 Å². The maximum atomic E-state index is 11.4. The number of thiophene rings is 1. The smallest absolute Gasteiger partial charge is 0.307 e. The molecule has 2 rings (SSSR count). The number of carbonyl (C=O) groups excluding carboxylic acids is 1. The van der Waals surface area contributed by atoms with Crippen LogP contribution in [0.2, 0.25) is 0 Å². The highest BCUT2D eigenvalue weighted by Gasteiger charge is 2.14. The predicted octanol–water partition coefficient (Wildman–Crippen LogP) is 3.29. The van der Waals surface area contributed by atoms with Gasteiger partial charge in [-0.3, -0.25) is 4.79 Å². The molecule has 2 aromatic rings. The molecule has 0 aliphatic rings. The van der Waals surface area contributed by atoms with Gasteiger partial charge in [0.2, 0.25) is 0 Å². The van der Waals surface area contributed by atoms with Crippen LogP contribution < -0.4 is 5.73 Å². The third-order valence-electron chi connectivity index (χ3n) is 2.96. The zero-order valence-corrected chi connectivity index (χ0v) is 12.4. The molecule has 0 saturated heterocycles. The van der Waals surface area contributed by atoms with Crippen molar-refractivity contribution in [2.45, 2.75) is 25.8 Å². The van der Waals surface area contributed by atoms with Crippen molar-refractivity contribution < 1.29 is 9.53 Å². The van der Waals surface area contributed by atoms with Crippen LogP contribution in [0.15, 0.2) is 42.5 Å². The Hall–Kier alpha value is -1.65. The lowest BCUT2D eigenvalue weighted by atomic mass is 10.1. The Morgan fingerprint density at radius 3 is 2.70 bits per heavy atom. The summed E-state index contributed by atoms with van der Waals surface area (Å²) in [6.45, 7) is 2.20. The standard InChI is InChI=1S/C16H19NO2S/c1-2-19-16(18)11-14(17)15-9-8-13(20-15)10-12-6-4-3-5-7-12/h3-9,14H,2,10-11,17H2,1H3. The van der Waals surface area contributed by atoms with Gasteiger partial charge >= 0.3 is 5.97 Å². The first-order valence-electron chi connectivity index (χ1n) is 6.72. The van der Waals surface area contributed by atoms with E-state index in [1.165, 1.54) is 10.4 Å². The van der Waals surface area contributed by atoms with Crippen molar-refractivity contribution in [2.24, 2.45) is 5.73 Å². The van der Waals surface area contributed by atoms with Crippen molar-refractivity contribution in [3.8, 4) is 0 Å². The Morgan fingerprint density at radius 2 is 2.00 bits per heavy atom. The van der Waals surface area contributed by atoms with E-state index in [0.29, 0.717) is 6.61 Å². The second kappa shape index (κ2) is 7.22. The van der Waals surface area contributed by atoms with Crippen LogP contribution in [0.5, 0.6) is 0 Å². The van der Waals surface area contributed by atoms with E-state index in [1.807, 2.05) is 24.3 Å². The minimum atomic E-state index is -0.274. The second-order valence-corrected chi connectivity index (χ2v) is 5.78. The third-order valence-corrected chi connectivity index (χ3v) is 4.18. The van der Waals surface area contributed by atoms with E-state index in [4.69, 9.17) is 10.5 Å². The molecule has 0 saturated carbocycles. The number of nitrogens with two attached hydrogens (primary N) is 1. The lowest BCUT2D eigenvalue weighted by Gasteiger charge is -2.08. The first-order valence-corrected chi connectivity index (χ1v) is 7.54. The zero-order chi connectivity index (χ0) is 14.4. The van der Waals surface area contributed by atoms with Gasteiger partial charge in [0.15, 0.2) is 0 Å². The molecule has 0 radical (unpaired) electrons. The van der Waals surface area contributed by atoms with E-state index in [2.05, 4.69) is 18.2 Å². The number of hydrogen-bond acceptors (Lipinski definition) is 4. The van der Waals surface area contributed by atoms with Gasteiger partial charge in [-0.2, -0.15) is 0 Å². The summed E-state index contributed by atoms with van der Waals surface area (Å²) in [4.78, 5) is 13.7. The fourth-order valence-corrected chi connectivity index (χ4v) is 3.03. The number of ether oxygens (including phenoxy) is 1. The number of carbonyl (C=O) groups is 1. The van der Waals surface area contributed by atoms with Crippen LogP contribution in [0.4, 0.5) is 0 Å². The van der Waals surface area contributed by atoms with E-state index in [1.54, 1.807) is 18.3 Å². The highest BCUT2D eigenvalue weighted by atomic mass is 32.1. The summed E-state index contributed by atoms with van der Waals surface area (Å²) < 4.78 is 4.92. The van der Waals surface area contributed by atoms with Crippen molar-refractivity contribution in [3.05, 3.63) is 57.8 Å². The van der Waals surface area contributed by atoms with Gasteiger partial charge in [-0.05, 0) is 24.6 Å². The molecular weight excluding hydrogens is 270 g/mol. The Bertz CT molecular complexity index is 551. The summed E-state index contributed by atoms with van der Waals surface area (Å²) in [5.41, 5.74) is 7.32. The predicted molar refractivity (Wildman–Crippen MR) is 81.7 cm³/mol. The van der Waals surface area contributed by atoms with Crippen LogP contribution in [0.25, 0.3) is 0 Å². The van der Waals surface area contributed by atoms with Gasteiger partial charge in [-0.15, -0.1) is 11.3 Å². The molecule has 0 amide bonds. The molecule has 3 nitrogen and oxygen atoms in total. The Kier molecular flexibility index (Phi) is 5.32. The number of esters is 1. The third kappa shape index (κ3) is 4.18. The van der Waals surface area contributed by atoms with Crippen LogP contribution in [-0.2, 0) is 16.0 Å². The van der Waals surface area contributed by atoms with Gasteiger partial charge in [-0.1, -0.05) is 30.3 Å². The van der Waals surface area contributed by atoms with Crippen LogP contribution in [0.1, 0.15) is 34.7 Å². The molecule has 0 aliphatic carbocycles. The molecule has 0 bridgehead atoms. The van der Waals surface area contributed by atoms with Crippen molar-refractivity contribution >= 4 is 17.3 Å². The Morgan fingerprint density at radius 1 is 1.25 bits per heavy atom. The summed E-state index contributed by atoms with van der Waals surface area (Å²) in [6, 6.07) is 14.1. The highest BCUT2D eigenvalue weighted by Crippen LogP contribution is 2.26. The van der Waals surface area contributed by atoms with Gasteiger partial charge < -0.3 is 10.5 Å². The number of benzene rings is 1. The molecule has 1 aromatic carbocycles. The maximum Gasteiger partial charge on any atom is 0.307 e. The minimum absolute atomic E-state index is 0.235. The maximum absolute atomic E-state index is 11.4. The number of rotatable bonds is 6. The first kappa shape index (κ1) is 14.8. The van der Waals surface area contributed by atoms with E-state index in [0.717, 1.165) is 11.3 Å². The van der Waals surface area contributed by atoms with Crippen molar-refractivity contribution in [1.82, 2.24) is 0 Å². The summed E-state index contributed by atoms with van der Waals surface area (Å²) >= 11 is 1.66. The van der Waals surface area contributed by atoms with Crippen molar-refractivity contribution in [2.75, 3.05) is 6.61 Å². The Balaban J connectivity index is 1.96. The van der Waals surface area contributed by atoms with Crippen LogP contribution in [0.3, 0.4) is 0 Å². The van der Waals surface area contributed by atoms with Gasteiger partial charge in [-0.25, -0.2) is 0 Å². The van der Waals surface area contributed by atoms with E-state index in [-0.39, 0.29) is 18.4 Å². The average molecular weight is 289 g/mol. The summed E-state index contributed by atoms with van der Waals surface area (Å²) in [5.74, 6) is -0.238. The SMILES string of the molecule is CCOC(=O)CC(N)c1ccc(Cc2ccccc2)s1. The van der Waals surface area contributed by atoms with E-state index < -0.39 is 0 Å². The van der Waals surface area contributed by atoms with Gasteiger partial charge in [0.05, 0.1) is 13.0 Å². The first-order chi connectivity index (χ1) is 9.69. The molecule has 1 heterocycles. The Labute approximate surface area is 123 Å². The molecule has 106 valence electrons. The molecule has 4 heteroatoms. The zero-order valence-electron chi connectivity index (χ0n) is 11.5. The fourth-order valence-electron chi connectivity index (χ4n) is 1.99. The second-order valence-electron chi connectivity index (χ2n) is 4.58. The lowest BCUT2D eigenvalue weighted by molar-refractivity contribution is -0.143. The van der Waals surface area contributed by atoms with Crippen LogP contribution in [0, 0.1) is 0 Å². The molecular formula is C16H19NO2S. The van der Waals surface area contributed by atoms with Gasteiger partial charge in [0.25, 0.3) is 0 Å². The van der Waals surface area contributed by atoms with Crippen molar-refractivity contribution in [1.29, 1.82) is 0 Å². The minimum Gasteiger partial charge on any atom is -0.466 e. The average Bonchev–Trinajstić information content (AvgIpc) is 2.89. The number of hydrogen-bond donors (Lipinski definition) is 1. The topological polar surface area (TPSA) is 52.3 Å². The summed E-state index contributed by atoms with van der Waals surface area (Å²) in [6.07, 6.45) is 1.14. The van der Waals surface area contributed by atoms with E-state index in [9.17, 15) is 4.79 Å². The highest BCUT2D eigenvalue weighted by molar-refractivity contribution is 7.12. The molecule has 20 heavy (non-hydrogen) atoms. The van der Waals surface area contributed by atoms with Crippen molar-refractivity contribution in [3.63, 3.8) is 0 Å². The largest absolute Gasteiger partial charge is 0.466 e. The van der Waals surface area contributed by atoms with Gasteiger partial charge in [0, 0.05) is 22.2 Å². The molecule has 1 atom stereocenters. The van der Waals surface area contributed by atoms with Crippen LogP contribution in [-0.4, -0.2) is 12.6 Å². The molecule has 1 unspecified atom stereocenters. The monoisotopic (exact) mass is 289 g/mol. The fraction of sp³-hybridized carbons (Fsp3) is 0.312.